The number of nitrogens with one attached hydrogen (secondary N) is 2. The Morgan fingerprint density at radius 1 is 1.13 bits per heavy atom. The second kappa shape index (κ2) is 11.7. The molecule has 0 atom stereocenters. The maximum atomic E-state index is 13.1. The molecule has 3 rings (SSSR count). The number of amides is 1. The molecule has 1 aliphatic heterocycles. The quantitative estimate of drug-likeness (QED) is 0.356. The standard InChI is InChI=1S/C21H27FN6O.HI/c1-16-4-3-5-19(25-16)26-20(29)10-11-24-21(23-2)28-14-12-27(13-15-28)18-8-6-17(22)7-9-18;/h3-9H,10-15H2,1-2H3,(H,23,24)(H,25,26,29);1H. The van der Waals surface area contributed by atoms with Crippen LogP contribution in [0.2, 0.25) is 0 Å². The van der Waals surface area contributed by atoms with Crippen molar-refractivity contribution in [2.24, 2.45) is 4.99 Å². The number of hydrogen-bond donors (Lipinski definition) is 2. The molecular weight excluding hydrogens is 498 g/mol. The lowest BCUT2D eigenvalue weighted by atomic mass is 10.2. The largest absolute Gasteiger partial charge is 0.368 e. The second-order valence-corrected chi connectivity index (χ2v) is 6.89. The summed E-state index contributed by atoms with van der Waals surface area (Å²) < 4.78 is 13.1. The molecule has 0 radical (unpaired) electrons. The smallest absolute Gasteiger partial charge is 0.227 e. The summed E-state index contributed by atoms with van der Waals surface area (Å²) >= 11 is 0. The van der Waals surface area contributed by atoms with Gasteiger partial charge in [0.1, 0.15) is 11.6 Å². The van der Waals surface area contributed by atoms with Gasteiger partial charge in [-0.2, -0.15) is 0 Å². The highest BCUT2D eigenvalue weighted by atomic mass is 127. The van der Waals surface area contributed by atoms with Gasteiger partial charge in [-0.25, -0.2) is 9.37 Å². The van der Waals surface area contributed by atoms with Gasteiger partial charge < -0.3 is 20.4 Å². The summed E-state index contributed by atoms with van der Waals surface area (Å²) in [6.45, 7) is 5.63. The van der Waals surface area contributed by atoms with Crippen molar-refractivity contribution in [3.63, 3.8) is 0 Å². The van der Waals surface area contributed by atoms with Crippen molar-refractivity contribution in [2.75, 3.05) is 50.0 Å². The van der Waals surface area contributed by atoms with E-state index in [1.54, 1.807) is 25.2 Å². The van der Waals surface area contributed by atoms with Crippen LogP contribution in [-0.4, -0.2) is 61.5 Å². The van der Waals surface area contributed by atoms with Crippen molar-refractivity contribution in [1.29, 1.82) is 0 Å². The fraction of sp³-hybridized carbons (Fsp3) is 0.381. The van der Waals surface area contributed by atoms with Gasteiger partial charge in [0.05, 0.1) is 0 Å². The van der Waals surface area contributed by atoms with Gasteiger partial charge in [-0.3, -0.25) is 9.79 Å². The Labute approximate surface area is 193 Å². The zero-order valence-electron chi connectivity index (χ0n) is 17.3. The number of halogens is 2. The van der Waals surface area contributed by atoms with Crippen LogP contribution in [0.3, 0.4) is 0 Å². The monoisotopic (exact) mass is 526 g/mol. The Bertz CT molecular complexity index is 853. The van der Waals surface area contributed by atoms with E-state index in [1.165, 1.54) is 12.1 Å². The SMILES string of the molecule is CN=C(NCCC(=O)Nc1cccc(C)n1)N1CCN(c2ccc(F)cc2)CC1.I. The van der Waals surface area contributed by atoms with E-state index in [0.717, 1.165) is 43.5 Å². The van der Waals surface area contributed by atoms with E-state index in [1.807, 2.05) is 19.1 Å². The molecule has 1 aromatic carbocycles. The number of guanidine groups is 1. The Balaban J connectivity index is 0.00000320. The molecule has 9 heteroatoms. The van der Waals surface area contributed by atoms with E-state index in [2.05, 4.69) is 30.4 Å². The summed E-state index contributed by atoms with van der Waals surface area (Å²) in [6, 6.07) is 12.1. The van der Waals surface area contributed by atoms with Crippen molar-refractivity contribution in [3.8, 4) is 0 Å². The van der Waals surface area contributed by atoms with Crippen molar-refractivity contribution in [3.05, 3.63) is 54.0 Å². The third-order valence-corrected chi connectivity index (χ3v) is 4.77. The molecule has 0 bridgehead atoms. The lowest BCUT2D eigenvalue weighted by Gasteiger charge is -2.37. The predicted molar refractivity (Wildman–Crippen MR) is 129 cm³/mol. The molecule has 1 fully saturated rings. The summed E-state index contributed by atoms with van der Waals surface area (Å²) in [5, 5.41) is 6.06. The van der Waals surface area contributed by atoms with Crippen molar-refractivity contribution >= 4 is 47.3 Å². The van der Waals surface area contributed by atoms with E-state index in [9.17, 15) is 9.18 Å². The number of hydrogen-bond acceptors (Lipinski definition) is 4. The molecule has 1 saturated heterocycles. The molecule has 1 aliphatic rings. The average molecular weight is 526 g/mol. The van der Waals surface area contributed by atoms with Gasteiger partial charge >= 0.3 is 0 Å². The van der Waals surface area contributed by atoms with E-state index >= 15 is 0 Å². The average Bonchev–Trinajstić information content (AvgIpc) is 2.72. The number of aryl methyl sites for hydroxylation is 1. The second-order valence-electron chi connectivity index (χ2n) is 6.89. The van der Waals surface area contributed by atoms with E-state index in [-0.39, 0.29) is 35.7 Å². The Hall–Kier alpha value is -2.43. The van der Waals surface area contributed by atoms with Crippen LogP contribution in [0, 0.1) is 12.7 Å². The molecule has 2 N–H and O–H groups in total. The first kappa shape index (κ1) is 23.8. The first-order valence-corrected chi connectivity index (χ1v) is 9.75. The molecule has 162 valence electrons. The fourth-order valence-corrected chi connectivity index (χ4v) is 3.27. The van der Waals surface area contributed by atoms with E-state index in [4.69, 9.17) is 0 Å². The number of piperazine rings is 1. The molecule has 30 heavy (non-hydrogen) atoms. The maximum Gasteiger partial charge on any atom is 0.227 e. The number of nitrogens with zero attached hydrogens (tertiary/aromatic N) is 4. The number of pyridine rings is 1. The molecule has 7 nitrogen and oxygen atoms in total. The lowest BCUT2D eigenvalue weighted by molar-refractivity contribution is -0.116. The zero-order valence-corrected chi connectivity index (χ0v) is 19.6. The summed E-state index contributed by atoms with van der Waals surface area (Å²) in [4.78, 5) is 25.1. The molecule has 1 aromatic heterocycles. The van der Waals surface area contributed by atoms with Crippen LogP contribution in [0.15, 0.2) is 47.5 Å². The number of carbonyl (C=O) groups excluding carboxylic acids is 1. The van der Waals surface area contributed by atoms with Gasteiger partial charge in [-0.05, 0) is 43.3 Å². The van der Waals surface area contributed by atoms with Gasteiger partial charge in [0.15, 0.2) is 5.96 Å². The molecule has 1 amide bonds. The number of carbonyl (C=O) groups is 1. The predicted octanol–water partition coefficient (Wildman–Crippen LogP) is 2.87. The Morgan fingerprint density at radius 3 is 2.47 bits per heavy atom. The first-order chi connectivity index (χ1) is 14.0. The van der Waals surface area contributed by atoms with Crippen LogP contribution < -0.4 is 15.5 Å². The van der Waals surface area contributed by atoms with Gasteiger partial charge in [-0.15, -0.1) is 24.0 Å². The molecule has 0 aliphatic carbocycles. The summed E-state index contributed by atoms with van der Waals surface area (Å²) in [5.74, 6) is 1.04. The highest BCUT2D eigenvalue weighted by molar-refractivity contribution is 14.0. The summed E-state index contributed by atoms with van der Waals surface area (Å²) in [6.07, 6.45) is 0.324. The summed E-state index contributed by atoms with van der Waals surface area (Å²) in [5.41, 5.74) is 1.89. The van der Waals surface area contributed by atoms with E-state index in [0.29, 0.717) is 18.8 Å². The molecule has 2 heterocycles. The normalized spacial score (nSPS) is 14.2. The number of benzene rings is 1. The highest BCUT2D eigenvalue weighted by Crippen LogP contribution is 2.17. The van der Waals surface area contributed by atoms with Crippen LogP contribution in [0.25, 0.3) is 0 Å². The molecule has 2 aromatic rings. The van der Waals surface area contributed by atoms with Crippen LogP contribution >= 0.6 is 24.0 Å². The third-order valence-electron chi connectivity index (χ3n) is 4.77. The van der Waals surface area contributed by atoms with Crippen molar-refractivity contribution in [1.82, 2.24) is 15.2 Å². The topological polar surface area (TPSA) is 72.9 Å². The summed E-state index contributed by atoms with van der Waals surface area (Å²) in [7, 11) is 1.74. The molecule has 0 unspecified atom stereocenters. The Kier molecular flexibility index (Phi) is 9.28. The number of anilines is 2. The zero-order chi connectivity index (χ0) is 20.6. The van der Waals surface area contributed by atoms with Crippen LogP contribution in [0.5, 0.6) is 0 Å². The van der Waals surface area contributed by atoms with E-state index < -0.39 is 0 Å². The molecule has 0 saturated carbocycles. The van der Waals surface area contributed by atoms with Crippen LogP contribution in [0.1, 0.15) is 12.1 Å². The van der Waals surface area contributed by atoms with Crippen molar-refractivity contribution < 1.29 is 9.18 Å². The minimum absolute atomic E-state index is 0. The van der Waals surface area contributed by atoms with Gasteiger partial charge in [0.25, 0.3) is 0 Å². The minimum Gasteiger partial charge on any atom is -0.368 e. The van der Waals surface area contributed by atoms with Gasteiger partial charge in [-0.1, -0.05) is 6.07 Å². The van der Waals surface area contributed by atoms with Crippen LogP contribution in [0.4, 0.5) is 15.9 Å². The third kappa shape index (κ3) is 6.82. The van der Waals surface area contributed by atoms with Crippen LogP contribution in [-0.2, 0) is 4.79 Å². The Morgan fingerprint density at radius 2 is 1.83 bits per heavy atom. The maximum absolute atomic E-state index is 13.1. The number of aliphatic imine (C=N–C) groups is 1. The van der Waals surface area contributed by atoms with Gasteiger partial charge in [0, 0.05) is 57.6 Å². The highest BCUT2D eigenvalue weighted by Gasteiger charge is 2.20. The fourth-order valence-electron chi connectivity index (χ4n) is 3.27. The first-order valence-electron chi connectivity index (χ1n) is 9.75. The lowest BCUT2D eigenvalue weighted by Crippen LogP contribution is -2.52. The van der Waals surface area contributed by atoms with Crippen molar-refractivity contribution in [2.45, 2.75) is 13.3 Å². The number of aromatic nitrogens is 1. The molecule has 0 spiro atoms. The van der Waals surface area contributed by atoms with Gasteiger partial charge in [0.2, 0.25) is 5.91 Å². The number of rotatable bonds is 5. The minimum atomic E-state index is -0.223. The molecular formula is C21H28FIN6O.